The largest absolute Gasteiger partial charge is 0.494 e. The number of aliphatic carboxylic acids is 1. The number of aliphatic imine (C=N–C) groups is 1. The number of carboxylic acids is 1. The summed E-state index contributed by atoms with van der Waals surface area (Å²) in [7, 11) is 1.36. The Hall–Kier alpha value is -3.53. The van der Waals surface area contributed by atoms with E-state index in [4.69, 9.17) is 10.00 Å². The molecule has 1 heterocycles. The zero-order chi connectivity index (χ0) is 19.6. The Morgan fingerprint density at radius 2 is 2.04 bits per heavy atom. The van der Waals surface area contributed by atoms with Crippen LogP contribution in [0.2, 0.25) is 0 Å². The Bertz CT molecular complexity index is 1020. The first-order valence-corrected chi connectivity index (χ1v) is 7.99. The predicted octanol–water partition coefficient (Wildman–Crippen LogP) is 3.48. The highest BCUT2D eigenvalue weighted by atomic mass is 19.1. The summed E-state index contributed by atoms with van der Waals surface area (Å²) >= 11 is 0. The molecule has 1 aliphatic rings. The fourth-order valence-corrected chi connectivity index (χ4v) is 2.93. The zero-order valence-corrected chi connectivity index (χ0v) is 14.2. The van der Waals surface area contributed by atoms with Gasteiger partial charge in [0.1, 0.15) is 17.6 Å². The number of halogens is 2. The molecule has 5 nitrogen and oxygen atoms in total. The Morgan fingerprint density at radius 1 is 1.26 bits per heavy atom. The van der Waals surface area contributed by atoms with Gasteiger partial charge in [-0.3, -0.25) is 0 Å². The summed E-state index contributed by atoms with van der Waals surface area (Å²) in [6.45, 7) is 0. The summed E-state index contributed by atoms with van der Waals surface area (Å²) in [6.07, 6.45) is 1.73. The molecule has 0 saturated carbocycles. The Morgan fingerprint density at radius 3 is 2.63 bits per heavy atom. The van der Waals surface area contributed by atoms with E-state index in [2.05, 4.69) is 4.99 Å². The van der Waals surface area contributed by atoms with E-state index in [9.17, 15) is 18.7 Å². The van der Waals surface area contributed by atoms with Gasteiger partial charge in [-0.05, 0) is 47.9 Å². The molecular weight excluding hydrogens is 354 g/mol. The van der Waals surface area contributed by atoms with Gasteiger partial charge in [-0.1, -0.05) is 12.1 Å². The van der Waals surface area contributed by atoms with Crippen molar-refractivity contribution in [3.8, 4) is 11.8 Å². The average molecular weight is 368 g/mol. The van der Waals surface area contributed by atoms with E-state index in [0.29, 0.717) is 16.8 Å². The third kappa shape index (κ3) is 3.70. The van der Waals surface area contributed by atoms with Crippen LogP contribution in [0.5, 0.6) is 5.75 Å². The molecule has 1 aliphatic heterocycles. The predicted molar refractivity (Wildman–Crippen MR) is 93.5 cm³/mol. The monoisotopic (exact) mass is 368 g/mol. The lowest BCUT2D eigenvalue weighted by molar-refractivity contribution is -0.132. The molecule has 1 unspecified atom stereocenters. The average Bonchev–Trinajstić information content (AvgIpc) is 3.06. The fraction of sp³-hybridized carbons (Fsp3) is 0.150. The molecule has 0 saturated heterocycles. The molecule has 0 spiro atoms. The van der Waals surface area contributed by atoms with Crippen molar-refractivity contribution in [2.45, 2.75) is 6.42 Å². The van der Waals surface area contributed by atoms with Crippen molar-refractivity contribution in [2.75, 3.05) is 7.11 Å². The topological polar surface area (TPSA) is 82.7 Å². The van der Waals surface area contributed by atoms with Crippen molar-refractivity contribution in [3.05, 3.63) is 76.5 Å². The number of nitriles is 1. The van der Waals surface area contributed by atoms with E-state index < -0.39 is 23.5 Å². The van der Waals surface area contributed by atoms with Gasteiger partial charge in [0.2, 0.25) is 0 Å². The van der Waals surface area contributed by atoms with E-state index >= 15 is 0 Å². The van der Waals surface area contributed by atoms with E-state index in [1.165, 1.54) is 37.5 Å². The summed E-state index contributed by atoms with van der Waals surface area (Å²) in [5.41, 5.74) is 1.07. The van der Waals surface area contributed by atoms with Crippen molar-refractivity contribution in [1.29, 1.82) is 5.26 Å². The molecule has 3 rings (SSSR count). The minimum absolute atomic E-state index is 0.106. The number of hydrogen-bond acceptors (Lipinski definition) is 4. The second-order valence-electron chi connectivity index (χ2n) is 5.94. The van der Waals surface area contributed by atoms with Gasteiger partial charge in [-0.15, -0.1) is 0 Å². The maximum Gasteiger partial charge on any atom is 0.354 e. The molecule has 0 aromatic heterocycles. The van der Waals surface area contributed by atoms with Gasteiger partial charge < -0.3 is 9.84 Å². The molecule has 0 bridgehead atoms. The number of carboxylic acid groups (broad SMARTS) is 1. The van der Waals surface area contributed by atoms with E-state index in [-0.39, 0.29) is 23.4 Å². The van der Waals surface area contributed by atoms with Crippen molar-refractivity contribution >= 4 is 11.7 Å². The molecule has 27 heavy (non-hydrogen) atoms. The van der Waals surface area contributed by atoms with Crippen molar-refractivity contribution in [1.82, 2.24) is 0 Å². The second-order valence-corrected chi connectivity index (χ2v) is 5.94. The molecule has 2 aromatic carbocycles. The molecule has 2 aromatic rings. The summed E-state index contributed by atoms with van der Waals surface area (Å²) in [6, 6.07) is 10.2. The molecule has 0 radical (unpaired) electrons. The minimum atomic E-state index is -1.20. The van der Waals surface area contributed by atoms with Crippen molar-refractivity contribution in [3.63, 3.8) is 0 Å². The second kappa shape index (κ2) is 7.38. The maximum absolute atomic E-state index is 14.0. The Labute approximate surface area is 153 Å². The van der Waals surface area contributed by atoms with Crippen LogP contribution in [0.3, 0.4) is 0 Å². The molecule has 0 fully saturated rings. The molecule has 0 amide bonds. The number of carbonyl (C=O) groups is 1. The van der Waals surface area contributed by atoms with E-state index in [1.54, 1.807) is 12.1 Å². The van der Waals surface area contributed by atoms with Gasteiger partial charge in [-0.25, -0.2) is 18.6 Å². The van der Waals surface area contributed by atoms with Crippen molar-refractivity contribution in [2.24, 2.45) is 10.9 Å². The standard InChI is InChI=1S/C20H14F2N2O3/c1-27-18-5-2-11(7-16(18)22)6-14-9-17(20(25)26)24-19(14)12-3-4-13(10-23)15(21)8-12/h2-5,7-9,14H,6H2,1H3,(H,25,26). The first kappa shape index (κ1) is 18.3. The molecule has 7 heteroatoms. The van der Waals surface area contributed by atoms with E-state index in [1.807, 2.05) is 0 Å². The number of allylic oxidation sites excluding steroid dienone is 1. The quantitative estimate of drug-likeness (QED) is 0.876. The van der Waals surface area contributed by atoms with Crippen LogP contribution >= 0.6 is 0 Å². The lowest BCUT2D eigenvalue weighted by Crippen LogP contribution is -2.14. The summed E-state index contributed by atoms with van der Waals surface area (Å²) in [4.78, 5) is 15.4. The maximum atomic E-state index is 14.0. The minimum Gasteiger partial charge on any atom is -0.494 e. The highest BCUT2D eigenvalue weighted by Crippen LogP contribution is 2.28. The number of rotatable bonds is 5. The smallest absolute Gasteiger partial charge is 0.354 e. The third-order valence-electron chi connectivity index (χ3n) is 4.23. The van der Waals surface area contributed by atoms with Gasteiger partial charge in [0.25, 0.3) is 0 Å². The van der Waals surface area contributed by atoms with Gasteiger partial charge in [0, 0.05) is 5.92 Å². The molecule has 136 valence electrons. The van der Waals surface area contributed by atoms with Crippen LogP contribution in [0.1, 0.15) is 16.7 Å². The fourth-order valence-electron chi connectivity index (χ4n) is 2.93. The normalized spacial score (nSPS) is 15.7. The summed E-state index contributed by atoms with van der Waals surface area (Å²) in [5.74, 6) is -2.81. The van der Waals surface area contributed by atoms with Crippen LogP contribution in [-0.2, 0) is 11.2 Å². The Balaban J connectivity index is 1.96. The molecular formula is C20H14F2N2O3. The van der Waals surface area contributed by atoms with Gasteiger partial charge in [0.05, 0.1) is 18.4 Å². The molecule has 1 N–H and O–H groups in total. The number of nitrogens with zero attached hydrogens (tertiary/aromatic N) is 2. The first-order chi connectivity index (χ1) is 12.9. The number of ether oxygens (including phenoxy) is 1. The van der Waals surface area contributed by atoms with Crippen molar-refractivity contribution < 1.29 is 23.4 Å². The SMILES string of the molecule is COc1ccc(CC2C=C(C(=O)O)N=C2c2ccc(C#N)c(F)c2)cc1F. The zero-order valence-electron chi connectivity index (χ0n) is 14.2. The third-order valence-corrected chi connectivity index (χ3v) is 4.23. The Kier molecular flexibility index (Phi) is 4.99. The lowest BCUT2D eigenvalue weighted by Gasteiger charge is -2.13. The van der Waals surface area contributed by atoms with Gasteiger partial charge >= 0.3 is 5.97 Å². The number of methoxy groups -OCH3 is 1. The first-order valence-electron chi connectivity index (χ1n) is 7.99. The van der Waals surface area contributed by atoms with Crippen LogP contribution in [0, 0.1) is 28.9 Å². The molecule has 1 atom stereocenters. The number of benzene rings is 2. The van der Waals surface area contributed by atoms with Crippen LogP contribution in [0.15, 0.2) is 53.2 Å². The van der Waals surface area contributed by atoms with Crippen LogP contribution in [-0.4, -0.2) is 23.9 Å². The number of hydrogen-bond donors (Lipinski definition) is 1. The summed E-state index contributed by atoms with van der Waals surface area (Å²) in [5, 5.41) is 18.1. The van der Waals surface area contributed by atoms with Crippen LogP contribution in [0.4, 0.5) is 8.78 Å². The lowest BCUT2D eigenvalue weighted by atomic mass is 9.91. The molecule has 0 aliphatic carbocycles. The van der Waals surface area contributed by atoms with Gasteiger partial charge in [-0.2, -0.15) is 5.26 Å². The van der Waals surface area contributed by atoms with E-state index in [0.717, 1.165) is 6.07 Å². The highest BCUT2D eigenvalue weighted by Gasteiger charge is 2.26. The highest BCUT2D eigenvalue weighted by molar-refractivity contribution is 6.09. The van der Waals surface area contributed by atoms with Crippen LogP contribution in [0.25, 0.3) is 0 Å². The van der Waals surface area contributed by atoms with Gasteiger partial charge in [0.15, 0.2) is 11.6 Å². The van der Waals surface area contributed by atoms with Crippen LogP contribution < -0.4 is 4.74 Å². The summed E-state index contributed by atoms with van der Waals surface area (Å²) < 4.78 is 32.8.